The molecule has 4 rings (SSSR count). The van der Waals surface area contributed by atoms with E-state index in [0.717, 1.165) is 45.6 Å². The number of H-pyrrole nitrogens is 1. The van der Waals surface area contributed by atoms with E-state index in [-0.39, 0.29) is 5.92 Å². The summed E-state index contributed by atoms with van der Waals surface area (Å²) in [6, 6.07) is 6.05. The molecule has 92 valence electrons. The maximum absolute atomic E-state index is 12.6. The molecule has 2 aliphatic rings. The Morgan fingerprint density at radius 2 is 2.00 bits per heavy atom. The molecule has 2 atom stereocenters. The molecule has 0 saturated heterocycles. The van der Waals surface area contributed by atoms with Crippen LogP contribution in [0.15, 0.2) is 28.9 Å². The van der Waals surface area contributed by atoms with Crippen molar-refractivity contribution in [3.05, 3.63) is 34.4 Å². The summed E-state index contributed by atoms with van der Waals surface area (Å²) < 4.78 is 1.03. The van der Waals surface area contributed by atoms with Crippen molar-refractivity contribution in [3.8, 4) is 0 Å². The van der Waals surface area contributed by atoms with Crippen molar-refractivity contribution in [2.75, 3.05) is 0 Å². The van der Waals surface area contributed by atoms with E-state index in [2.05, 4.69) is 20.9 Å². The Kier molecular flexibility index (Phi) is 2.22. The van der Waals surface area contributed by atoms with Crippen LogP contribution in [0.3, 0.4) is 0 Å². The van der Waals surface area contributed by atoms with Crippen molar-refractivity contribution in [1.82, 2.24) is 4.98 Å². The van der Waals surface area contributed by atoms with E-state index in [9.17, 15) is 4.79 Å². The summed E-state index contributed by atoms with van der Waals surface area (Å²) in [5.74, 6) is 2.32. The SMILES string of the molecule is O=C(c1c[nH]c2ccc(Br)cc12)C1CC2CC2C1. The summed E-state index contributed by atoms with van der Waals surface area (Å²) in [6.45, 7) is 0. The lowest BCUT2D eigenvalue weighted by Gasteiger charge is -2.09. The van der Waals surface area contributed by atoms with Gasteiger partial charge in [0.15, 0.2) is 5.78 Å². The van der Waals surface area contributed by atoms with Crippen LogP contribution in [-0.4, -0.2) is 10.8 Å². The zero-order valence-corrected chi connectivity index (χ0v) is 11.5. The van der Waals surface area contributed by atoms with Gasteiger partial charge in [-0.25, -0.2) is 0 Å². The van der Waals surface area contributed by atoms with Gasteiger partial charge in [-0.3, -0.25) is 4.79 Å². The molecule has 2 saturated carbocycles. The molecule has 2 unspecified atom stereocenters. The van der Waals surface area contributed by atoms with Crippen LogP contribution in [0, 0.1) is 17.8 Å². The normalized spacial score (nSPS) is 29.5. The number of benzene rings is 1. The number of hydrogen-bond acceptors (Lipinski definition) is 1. The standard InChI is InChI=1S/C15H14BrNO/c16-11-1-2-14-12(6-11)13(7-17-14)15(18)10-4-8-3-9(8)5-10/h1-2,6-10,17H,3-5H2. The number of Topliss-reactive ketones (excluding diaryl/α,β-unsaturated/α-hetero) is 1. The van der Waals surface area contributed by atoms with Crippen molar-refractivity contribution in [2.24, 2.45) is 17.8 Å². The van der Waals surface area contributed by atoms with E-state index in [1.54, 1.807) is 0 Å². The fraction of sp³-hybridized carbons (Fsp3) is 0.400. The van der Waals surface area contributed by atoms with Gasteiger partial charge in [0.05, 0.1) is 0 Å². The first-order valence-corrected chi connectivity index (χ1v) is 7.32. The Balaban J connectivity index is 1.73. The molecule has 2 aliphatic carbocycles. The molecule has 2 nitrogen and oxygen atoms in total. The average molecular weight is 304 g/mol. The molecule has 1 aromatic heterocycles. The first-order valence-electron chi connectivity index (χ1n) is 6.53. The number of halogens is 1. The third kappa shape index (κ3) is 1.57. The quantitative estimate of drug-likeness (QED) is 0.830. The second-order valence-electron chi connectivity index (χ2n) is 5.68. The molecule has 3 heteroatoms. The van der Waals surface area contributed by atoms with Gasteiger partial charge >= 0.3 is 0 Å². The van der Waals surface area contributed by atoms with Gasteiger partial charge in [-0.15, -0.1) is 0 Å². The van der Waals surface area contributed by atoms with Gasteiger partial charge in [0, 0.05) is 33.1 Å². The van der Waals surface area contributed by atoms with Crippen LogP contribution in [0.5, 0.6) is 0 Å². The molecule has 0 amide bonds. The van der Waals surface area contributed by atoms with Crippen LogP contribution in [0.1, 0.15) is 29.6 Å². The van der Waals surface area contributed by atoms with Gasteiger partial charge in [0.1, 0.15) is 0 Å². The predicted octanol–water partition coefficient (Wildman–Crippen LogP) is 4.16. The number of rotatable bonds is 2. The van der Waals surface area contributed by atoms with Crippen LogP contribution >= 0.6 is 15.9 Å². The number of carbonyl (C=O) groups is 1. The summed E-state index contributed by atoms with van der Waals surface area (Å²) in [6.07, 6.45) is 5.47. The molecule has 2 aromatic rings. The van der Waals surface area contributed by atoms with Crippen LogP contribution < -0.4 is 0 Å². The predicted molar refractivity (Wildman–Crippen MR) is 74.7 cm³/mol. The van der Waals surface area contributed by atoms with Crippen LogP contribution in [0.25, 0.3) is 10.9 Å². The third-order valence-electron chi connectivity index (χ3n) is 4.52. The van der Waals surface area contributed by atoms with E-state index in [0.29, 0.717) is 5.78 Å². The monoisotopic (exact) mass is 303 g/mol. The average Bonchev–Trinajstić information content (AvgIpc) is 2.82. The molecular weight excluding hydrogens is 290 g/mol. The molecule has 1 aromatic carbocycles. The van der Waals surface area contributed by atoms with Gasteiger partial charge < -0.3 is 4.98 Å². The first kappa shape index (κ1) is 10.8. The van der Waals surface area contributed by atoms with Crippen molar-refractivity contribution in [2.45, 2.75) is 19.3 Å². The highest BCUT2D eigenvalue weighted by Crippen LogP contribution is 2.55. The Morgan fingerprint density at radius 3 is 2.78 bits per heavy atom. The van der Waals surface area contributed by atoms with Crippen LogP contribution in [0.4, 0.5) is 0 Å². The van der Waals surface area contributed by atoms with Gasteiger partial charge in [0.2, 0.25) is 0 Å². The fourth-order valence-corrected chi connectivity index (χ4v) is 3.81. The van der Waals surface area contributed by atoms with Gasteiger partial charge in [0.25, 0.3) is 0 Å². The Labute approximate surface area is 114 Å². The second kappa shape index (κ2) is 3.70. The second-order valence-corrected chi connectivity index (χ2v) is 6.60. The largest absolute Gasteiger partial charge is 0.360 e. The molecule has 18 heavy (non-hydrogen) atoms. The highest BCUT2D eigenvalue weighted by atomic mass is 79.9. The lowest BCUT2D eigenvalue weighted by molar-refractivity contribution is 0.0916. The zero-order valence-electron chi connectivity index (χ0n) is 9.95. The number of nitrogens with one attached hydrogen (secondary N) is 1. The number of carbonyl (C=O) groups excluding carboxylic acids is 1. The lowest BCUT2D eigenvalue weighted by Crippen LogP contribution is -2.12. The summed E-state index contributed by atoms with van der Waals surface area (Å²) in [5.41, 5.74) is 1.92. The minimum absolute atomic E-state index is 0.270. The molecule has 2 fully saturated rings. The summed E-state index contributed by atoms with van der Waals surface area (Å²) in [7, 11) is 0. The summed E-state index contributed by atoms with van der Waals surface area (Å²) >= 11 is 3.48. The van der Waals surface area contributed by atoms with E-state index in [1.165, 1.54) is 6.42 Å². The van der Waals surface area contributed by atoms with Crippen LogP contribution in [0.2, 0.25) is 0 Å². The number of fused-ring (bicyclic) bond motifs is 2. The Hall–Kier alpha value is -1.09. The maximum atomic E-state index is 12.6. The highest BCUT2D eigenvalue weighted by Gasteiger charge is 2.48. The summed E-state index contributed by atoms with van der Waals surface area (Å²) in [5, 5.41) is 1.05. The topological polar surface area (TPSA) is 32.9 Å². The lowest BCUT2D eigenvalue weighted by atomic mass is 9.93. The molecule has 0 spiro atoms. The molecule has 1 N–H and O–H groups in total. The van der Waals surface area contributed by atoms with Crippen LogP contribution in [-0.2, 0) is 0 Å². The van der Waals surface area contributed by atoms with Crippen molar-refractivity contribution in [3.63, 3.8) is 0 Å². The maximum Gasteiger partial charge on any atom is 0.168 e. The Morgan fingerprint density at radius 1 is 1.22 bits per heavy atom. The molecule has 0 aliphatic heterocycles. The number of ketones is 1. The third-order valence-corrected chi connectivity index (χ3v) is 5.02. The van der Waals surface area contributed by atoms with E-state index in [4.69, 9.17) is 0 Å². The van der Waals surface area contributed by atoms with Crippen molar-refractivity contribution < 1.29 is 4.79 Å². The number of aromatic amines is 1. The van der Waals surface area contributed by atoms with E-state index in [1.807, 2.05) is 24.4 Å². The first-order chi connectivity index (χ1) is 8.72. The van der Waals surface area contributed by atoms with E-state index < -0.39 is 0 Å². The minimum atomic E-state index is 0.270. The van der Waals surface area contributed by atoms with Gasteiger partial charge in [-0.2, -0.15) is 0 Å². The van der Waals surface area contributed by atoms with Crippen molar-refractivity contribution >= 4 is 32.6 Å². The number of hydrogen-bond donors (Lipinski definition) is 1. The minimum Gasteiger partial charge on any atom is -0.360 e. The molecule has 0 bridgehead atoms. The summed E-state index contributed by atoms with van der Waals surface area (Å²) in [4.78, 5) is 15.8. The zero-order chi connectivity index (χ0) is 12.3. The fourth-order valence-electron chi connectivity index (χ4n) is 3.45. The Bertz CT molecular complexity index is 635. The molecule has 1 heterocycles. The van der Waals surface area contributed by atoms with E-state index >= 15 is 0 Å². The van der Waals surface area contributed by atoms with Crippen molar-refractivity contribution in [1.29, 1.82) is 0 Å². The van der Waals surface area contributed by atoms with Gasteiger partial charge in [-0.05, 0) is 49.3 Å². The molecular formula is C15H14BrNO. The smallest absolute Gasteiger partial charge is 0.168 e. The molecule has 0 radical (unpaired) electrons. The highest BCUT2D eigenvalue weighted by molar-refractivity contribution is 9.10. The van der Waals surface area contributed by atoms with Gasteiger partial charge in [-0.1, -0.05) is 15.9 Å². The number of aromatic nitrogens is 1.